The summed E-state index contributed by atoms with van der Waals surface area (Å²) in [4.78, 5) is 0.182. The lowest BCUT2D eigenvalue weighted by molar-refractivity contribution is 0.297. The van der Waals surface area contributed by atoms with Crippen molar-refractivity contribution >= 4 is 10.0 Å². The summed E-state index contributed by atoms with van der Waals surface area (Å²) in [6, 6.07) is 9.80. The van der Waals surface area contributed by atoms with E-state index in [0.29, 0.717) is 13.0 Å². The third-order valence-corrected chi connectivity index (χ3v) is 5.34. The molecular weight excluding hydrogens is 274 g/mol. The van der Waals surface area contributed by atoms with E-state index in [0.717, 1.165) is 18.4 Å². The Morgan fingerprint density at radius 3 is 2.50 bits per heavy atom. The number of hydrogen-bond donors (Lipinski definition) is 0. The van der Waals surface area contributed by atoms with Gasteiger partial charge in [0.25, 0.3) is 0 Å². The van der Waals surface area contributed by atoms with Crippen molar-refractivity contribution in [2.24, 2.45) is 0 Å². The molecule has 2 rings (SSSR count). The quantitative estimate of drug-likeness (QED) is 0.849. The SMILES string of the molecule is N#CCc1ccc(S(=O)(=O)N2CCCCC2C#N)cc1. The van der Waals surface area contributed by atoms with E-state index < -0.39 is 16.1 Å². The molecule has 20 heavy (non-hydrogen) atoms. The fourth-order valence-corrected chi connectivity index (χ4v) is 3.94. The van der Waals surface area contributed by atoms with Crippen LogP contribution < -0.4 is 0 Å². The van der Waals surface area contributed by atoms with E-state index in [4.69, 9.17) is 10.5 Å². The lowest BCUT2D eigenvalue weighted by Crippen LogP contribution is -2.42. The van der Waals surface area contributed by atoms with E-state index in [1.54, 1.807) is 12.1 Å². The topological polar surface area (TPSA) is 85.0 Å². The van der Waals surface area contributed by atoms with Crippen LogP contribution in [0.25, 0.3) is 0 Å². The highest BCUT2D eigenvalue weighted by Gasteiger charge is 2.33. The zero-order valence-corrected chi connectivity index (χ0v) is 11.8. The van der Waals surface area contributed by atoms with E-state index >= 15 is 0 Å². The maximum absolute atomic E-state index is 12.5. The molecule has 0 N–H and O–H groups in total. The molecule has 1 unspecified atom stereocenters. The van der Waals surface area contributed by atoms with Crippen LogP contribution >= 0.6 is 0 Å². The summed E-state index contributed by atoms with van der Waals surface area (Å²) in [5.74, 6) is 0. The van der Waals surface area contributed by atoms with Crippen LogP contribution in [0.15, 0.2) is 29.2 Å². The van der Waals surface area contributed by atoms with E-state index in [9.17, 15) is 8.42 Å². The zero-order chi connectivity index (χ0) is 14.6. The highest BCUT2D eigenvalue weighted by molar-refractivity contribution is 7.89. The summed E-state index contributed by atoms with van der Waals surface area (Å²) in [5, 5.41) is 17.7. The molecule has 1 aromatic carbocycles. The Labute approximate surface area is 119 Å². The molecule has 0 aromatic heterocycles. The van der Waals surface area contributed by atoms with Gasteiger partial charge >= 0.3 is 0 Å². The van der Waals surface area contributed by atoms with Crippen LogP contribution in [0.4, 0.5) is 0 Å². The minimum atomic E-state index is -3.63. The third kappa shape index (κ3) is 2.82. The van der Waals surface area contributed by atoms with Crippen LogP contribution in [0, 0.1) is 22.7 Å². The largest absolute Gasteiger partial charge is 0.244 e. The molecule has 1 atom stereocenters. The minimum absolute atomic E-state index is 0.182. The Kier molecular flexibility index (Phi) is 4.39. The van der Waals surface area contributed by atoms with Gasteiger partial charge in [-0.1, -0.05) is 12.1 Å². The van der Waals surface area contributed by atoms with Gasteiger partial charge in [-0.05, 0) is 37.0 Å². The van der Waals surface area contributed by atoms with Gasteiger partial charge in [-0.25, -0.2) is 8.42 Å². The van der Waals surface area contributed by atoms with Crippen LogP contribution in [-0.4, -0.2) is 25.3 Å². The first-order valence-corrected chi connectivity index (χ1v) is 7.91. The van der Waals surface area contributed by atoms with Gasteiger partial charge in [-0.2, -0.15) is 14.8 Å². The Morgan fingerprint density at radius 1 is 1.20 bits per heavy atom. The summed E-state index contributed by atoms with van der Waals surface area (Å²) >= 11 is 0. The molecule has 1 heterocycles. The highest BCUT2D eigenvalue weighted by Crippen LogP contribution is 2.25. The molecule has 1 aliphatic rings. The Hall–Kier alpha value is -1.89. The van der Waals surface area contributed by atoms with Crippen LogP contribution in [0.2, 0.25) is 0 Å². The number of nitrogens with zero attached hydrogens (tertiary/aromatic N) is 3. The summed E-state index contributed by atoms with van der Waals surface area (Å²) in [7, 11) is -3.63. The molecule has 0 bridgehead atoms. The monoisotopic (exact) mass is 289 g/mol. The first-order valence-electron chi connectivity index (χ1n) is 6.47. The molecule has 0 radical (unpaired) electrons. The fraction of sp³-hybridized carbons (Fsp3) is 0.429. The van der Waals surface area contributed by atoms with Crippen LogP contribution in [-0.2, 0) is 16.4 Å². The van der Waals surface area contributed by atoms with Crippen molar-refractivity contribution in [1.82, 2.24) is 4.31 Å². The maximum Gasteiger partial charge on any atom is 0.244 e. The molecule has 1 fully saturated rings. The standard InChI is InChI=1S/C14H15N3O2S/c15-9-8-12-4-6-14(7-5-12)20(18,19)17-10-2-1-3-13(17)11-16/h4-7,13H,1-3,8,10H2. The number of benzene rings is 1. The molecule has 104 valence electrons. The summed E-state index contributed by atoms with van der Waals surface area (Å²) in [6.45, 7) is 0.389. The van der Waals surface area contributed by atoms with E-state index in [1.807, 2.05) is 6.07 Å². The van der Waals surface area contributed by atoms with Crippen LogP contribution in [0.5, 0.6) is 0 Å². The first kappa shape index (κ1) is 14.5. The van der Waals surface area contributed by atoms with Crippen molar-refractivity contribution in [3.05, 3.63) is 29.8 Å². The zero-order valence-electron chi connectivity index (χ0n) is 11.0. The minimum Gasteiger partial charge on any atom is -0.207 e. The van der Waals surface area contributed by atoms with Gasteiger partial charge in [0, 0.05) is 6.54 Å². The van der Waals surface area contributed by atoms with E-state index in [-0.39, 0.29) is 11.3 Å². The van der Waals surface area contributed by atoms with Gasteiger partial charge in [0.05, 0.1) is 23.5 Å². The summed E-state index contributed by atoms with van der Waals surface area (Å²) in [6.07, 6.45) is 2.50. The van der Waals surface area contributed by atoms with Crippen LogP contribution in [0.3, 0.4) is 0 Å². The molecular formula is C14H15N3O2S. The molecule has 0 saturated carbocycles. The highest BCUT2D eigenvalue weighted by atomic mass is 32.2. The second kappa shape index (κ2) is 6.04. The number of nitriles is 2. The van der Waals surface area contributed by atoms with Crippen molar-refractivity contribution in [2.75, 3.05) is 6.54 Å². The van der Waals surface area contributed by atoms with Crippen molar-refractivity contribution in [3.8, 4) is 12.1 Å². The predicted octanol–water partition coefficient (Wildman–Crippen LogP) is 1.82. The smallest absolute Gasteiger partial charge is 0.207 e. The summed E-state index contributed by atoms with van der Waals surface area (Å²) in [5.41, 5.74) is 0.780. The average molecular weight is 289 g/mol. The average Bonchev–Trinajstić information content (AvgIpc) is 2.48. The lowest BCUT2D eigenvalue weighted by Gasteiger charge is -2.30. The second-order valence-corrected chi connectivity index (χ2v) is 6.63. The molecule has 1 aromatic rings. The Morgan fingerprint density at radius 2 is 1.90 bits per heavy atom. The van der Waals surface area contributed by atoms with Crippen molar-refractivity contribution in [2.45, 2.75) is 36.6 Å². The molecule has 0 spiro atoms. The van der Waals surface area contributed by atoms with Crippen LogP contribution in [0.1, 0.15) is 24.8 Å². The van der Waals surface area contributed by atoms with Crippen molar-refractivity contribution in [3.63, 3.8) is 0 Å². The van der Waals surface area contributed by atoms with Gasteiger partial charge in [0.1, 0.15) is 6.04 Å². The molecule has 0 amide bonds. The van der Waals surface area contributed by atoms with Crippen molar-refractivity contribution < 1.29 is 8.42 Å². The van der Waals surface area contributed by atoms with Gasteiger partial charge in [-0.15, -0.1) is 0 Å². The van der Waals surface area contributed by atoms with E-state index in [1.165, 1.54) is 16.4 Å². The third-order valence-electron chi connectivity index (χ3n) is 3.42. The number of piperidine rings is 1. The van der Waals surface area contributed by atoms with Gasteiger partial charge in [-0.3, -0.25) is 0 Å². The Bertz CT molecular complexity index is 653. The van der Waals surface area contributed by atoms with Crippen molar-refractivity contribution in [1.29, 1.82) is 10.5 Å². The second-order valence-electron chi connectivity index (χ2n) is 4.74. The van der Waals surface area contributed by atoms with Gasteiger partial charge < -0.3 is 0 Å². The molecule has 5 nitrogen and oxygen atoms in total. The molecule has 6 heteroatoms. The predicted molar refractivity (Wildman–Crippen MR) is 72.9 cm³/mol. The molecule has 1 aliphatic heterocycles. The number of sulfonamides is 1. The first-order chi connectivity index (χ1) is 9.59. The van der Waals surface area contributed by atoms with Gasteiger partial charge in [0.2, 0.25) is 10.0 Å². The van der Waals surface area contributed by atoms with Gasteiger partial charge in [0.15, 0.2) is 0 Å². The van der Waals surface area contributed by atoms with E-state index in [2.05, 4.69) is 6.07 Å². The normalized spacial score (nSPS) is 20.0. The maximum atomic E-state index is 12.5. The summed E-state index contributed by atoms with van der Waals surface area (Å²) < 4.78 is 26.4. The lowest BCUT2D eigenvalue weighted by atomic mass is 10.1. The fourth-order valence-electron chi connectivity index (χ4n) is 2.33. The number of rotatable bonds is 3. The number of hydrogen-bond acceptors (Lipinski definition) is 4. The molecule has 1 saturated heterocycles. The molecule has 0 aliphatic carbocycles. The Balaban J connectivity index is 2.30.